The molecule has 0 aliphatic carbocycles. The van der Waals surface area contributed by atoms with Crippen LogP contribution in [-0.4, -0.2) is 22.5 Å². The van der Waals surface area contributed by atoms with Crippen LogP contribution in [0, 0.1) is 19.8 Å². The van der Waals surface area contributed by atoms with Crippen LogP contribution in [0.5, 0.6) is 5.75 Å². The number of hydrogen-bond donors (Lipinski definition) is 2. The summed E-state index contributed by atoms with van der Waals surface area (Å²) in [6.07, 6.45) is 3.06. The van der Waals surface area contributed by atoms with Gasteiger partial charge in [-0.1, -0.05) is 32.6 Å². The van der Waals surface area contributed by atoms with Gasteiger partial charge in [-0.25, -0.2) is 4.98 Å². The summed E-state index contributed by atoms with van der Waals surface area (Å²) in [6, 6.07) is 6.08. The number of carbonyl (C=O) groups excluding carboxylic acids is 1. The highest BCUT2D eigenvalue weighted by Gasteiger charge is 2.19. The molecule has 2 N–H and O–H groups in total. The van der Waals surface area contributed by atoms with Gasteiger partial charge >= 0.3 is 0 Å². The second-order valence-corrected chi connectivity index (χ2v) is 9.19. The van der Waals surface area contributed by atoms with Crippen LogP contribution in [0.4, 0.5) is 5.69 Å². The molecule has 152 valence electrons. The van der Waals surface area contributed by atoms with Gasteiger partial charge in [-0.15, -0.1) is 0 Å². The van der Waals surface area contributed by atoms with Crippen LogP contribution in [0.15, 0.2) is 42.1 Å². The van der Waals surface area contributed by atoms with Crippen molar-refractivity contribution in [2.24, 2.45) is 5.92 Å². The zero-order valence-electron chi connectivity index (χ0n) is 16.9. The van der Waals surface area contributed by atoms with Crippen LogP contribution >= 0.6 is 30.1 Å². The summed E-state index contributed by atoms with van der Waals surface area (Å²) in [4.78, 5) is 19.8. The number of rotatable bonds is 7. The highest BCUT2D eigenvalue weighted by Crippen LogP contribution is 2.43. The quantitative estimate of drug-likeness (QED) is 0.277. The molecule has 3 aromatic rings. The Labute approximate surface area is 187 Å². The first-order valence-electron chi connectivity index (χ1n) is 9.32. The van der Waals surface area contributed by atoms with Gasteiger partial charge in [0.1, 0.15) is 11.4 Å². The molecular formula is C22H24IN3O2S. The normalized spacial score (nSPS) is 11.1. The van der Waals surface area contributed by atoms with Crippen LogP contribution in [0.1, 0.15) is 25.0 Å². The molecule has 0 radical (unpaired) electrons. The average molecular weight is 521 g/mol. The summed E-state index contributed by atoms with van der Waals surface area (Å²) in [7, 11) is 1.61. The highest BCUT2D eigenvalue weighted by molar-refractivity contribution is 14.2. The van der Waals surface area contributed by atoms with E-state index >= 15 is 0 Å². The van der Waals surface area contributed by atoms with Gasteiger partial charge in [0.25, 0.3) is 0 Å². The van der Waals surface area contributed by atoms with Gasteiger partial charge in [0.05, 0.1) is 17.8 Å². The number of benzene rings is 1. The molecule has 1 aromatic carbocycles. The molecule has 29 heavy (non-hydrogen) atoms. The van der Waals surface area contributed by atoms with Crippen molar-refractivity contribution in [2.45, 2.75) is 32.7 Å². The Morgan fingerprint density at radius 2 is 2.17 bits per heavy atom. The molecule has 5 nitrogen and oxygen atoms in total. The van der Waals surface area contributed by atoms with E-state index in [0.717, 1.165) is 49.8 Å². The van der Waals surface area contributed by atoms with Crippen molar-refractivity contribution in [2.75, 3.05) is 11.9 Å². The summed E-state index contributed by atoms with van der Waals surface area (Å²) in [5.41, 5.74) is 5.70. The Kier molecular flexibility index (Phi) is 6.89. The Morgan fingerprint density at radius 1 is 1.41 bits per heavy atom. The fraction of sp³-hybridized carbons (Fsp3) is 0.273. The molecule has 2 heterocycles. The molecule has 0 saturated carbocycles. The van der Waals surface area contributed by atoms with Crippen LogP contribution in [-0.2, 0) is 4.79 Å². The Bertz CT molecular complexity index is 1080. The SMILES string of the molecule is C=CC(=O)Nc1cc(-c2c(SI)[nH]c3ncc(OCC(C)C)c(C)c23)ccc1C. The van der Waals surface area contributed by atoms with Gasteiger partial charge in [-0.3, -0.25) is 4.79 Å². The summed E-state index contributed by atoms with van der Waals surface area (Å²) in [6.45, 7) is 12.5. The lowest BCUT2D eigenvalue weighted by Gasteiger charge is -2.13. The number of ether oxygens (including phenoxy) is 1. The fourth-order valence-electron chi connectivity index (χ4n) is 3.10. The predicted molar refractivity (Wildman–Crippen MR) is 130 cm³/mol. The van der Waals surface area contributed by atoms with Crippen molar-refractivity contribution < 1.29 is 9.53 Å². The highest BCUT2D eigenvalue weighted by atomic mass is 127. The summed E-state index contributed by atoms with van der Waals surface area (Å²) >= 11 is 2.27. The number of anilines is 1. The van der Waals surface area contributed by atoms with E-state index in [0.29, 0.717) is 12.5 Å². The first kappa shape index (κ1) is 21.7. The minimum Gasteiger partial charge on any atom is -0.491 e. The number of nitrogens with zero attached hydrogens (tertiary/aromatic N) is 1. The molecule has 0 aliphatic heterocycles. The van der Waals surface area contributed by atoms with E-state index in [1.165, 1.54) is 6.08 Å². The number of aryl methyl sites for hydroxylation is 2. The van der Waals surface area contributed by atoms with Crippen LogP contribution in [0.2, 0.25) is 0 Å². The zero-order valence-corrected chi connectivity index (χ0v) is 19.9. The zero-order chi connectivity index (χ0) is 21.1. The molecular weight excluding hydrogens is 497 g/mol. The number of fused-ring (bicyclic) bond motifs is 1. The number of aromatic nitrogens is 2. The molecule has 0 atom stereocenters. The van der Waals surface area contributed by atoms with E-state index in [1.807, 2.05) is 19.1 Å². The van der Waals surface area contributed by atoms with E-state index in [-0.39, 0.29) is 5.91 Å². The Balaban J connectivity index is 2.17. The van der Waals surface area contributed by atoms with E-state index < -0.39 is 0 Å². The molecule has 0 fully saturated rings. The van der Waals surface area contributed by atoms with Gasteiger partial charge in [-0.05, 0) is 52.0 Å². The predicted octanol–water partition coefficient (Wildman–Crippen LogP) is 6.45. The van der Waals surface area contributed by atoms with Crippen molar-refractivity contribution in [1.82, 2.24) is 9.97 Å². The minimum absolute atomic E-state index is 0.227. The van der Waals surface area contributed by atoms with E-state index in [9.17, 15) is 4.79 Å². The van der Waals surface area contributed by atoms with E-state index in [1.54, 1.807) is 15.1 Å². The van der Waals surface area contributed by atoms with Gasteiger partial charge in [0, 0.05) is 43.4 Å². The Hall–Kier alpha value is -2.00. The second kappa shape index (κ2) is 9.21. The third-order valence-corrected chi connectivity index (χ3v) is 6.40. The molecule has 0 unspecified atom stereocenters. The number of amides is 1. The van der Waals surface area contributed by atoms with Crippen molar-refractivity contribution in [3.8, 4) is 16.9 Å². The maximum atomic E-state index is 11.8. The van der Waals surface area contributed by atoms with Crippen molar-refractivity contribution in [3.05, 3.63) is 48.2 Å². The first-order valence-corrected chi connectivity index (χ1v) is 12.7. The lowest BCUT2D eigenvalue weighted by atomic mass is 10.0. The van der Waals surface area contributed by atoms with Crippen molar-refractivity contribution >= 4 is 52.8 Å². The number of H-pyrrole nitrogens is 1. The molecule has 0 bridgehead atoms. The molecule has 0 spiro atoms. The third kappa shape index (κ3) is 4.61. The van der Waals surface area contributed by atoms with Crippen LogP contribution in [0.25, 0.3) is 22.2 Å². The maximum absolute atomic E-state index is 11.8. The Morgan fingerprint density at radius 3 is 2.83 bits per heavy atom. The third-order valence-electron chi connectivity index (χ3n) is 4.62. The second-order valence-electron chi connectivity index (χ2n) is 7.31. The average Bonchev–Trinajstić information content (AvgIpc) is 3.08. The number of aromatic amines is 1. The molecule has 7 heteroatoms. The number of nitrogens with one attached hydrogen (secondary N) is 2. The smallest absolute Gasteiger partial charge is 0.247 e. The molecule has 3 rings (SSSR count). The molecule has 2 aromatic heterocycles. The lowest BCUT2D eigenvalue weighted by molar-refractivity contribution is -0.111. The molecule has 0 saturated heterocycles. The van der Waals surface area contributed by atoms with E-state index in [4.69, 9.17) is 4.74 Å². The monoisotopic (exact) mass is 521 g/mol. The minimum atomic E-state index is -0.227. The van der Waals surface area contributed by atoms with Crippen LogP contribution in [0.3, 0.4) is 0 Å². The van der Waals surface area contributed by atoms with Crippen molar-refractivity contribution in [3.63, 3.8) is 0 Å². The lowest BCUT2D eigenvalue weighted by Crippen LogP contribution is -2.08. The first-order chi connectivity index (χ1) is 13.8. The fourth-order valence-corrected chi connectivity index (χ4v) is 4.52. The van der Waals surface area contributed by atoms with Crippen LogP contribution < -0.4 is 10.1 Å². The summed E-state index contributed by atoms with van der Waals surface area (Å²) in [5.74, 6) is 1.00. The molecule has 1 amide bonds. The number of hydrogen-bond acceptors (Lipinski definition) is 4. The van der Waals surface area contributed by atoms with Gasteiger partial charge < -0.3 is 15.0 Å². The largest absolute Gasteiger partial charge is 0.491 e. The molecule has 0 aliphatic rings. The van der Waals surface area contributed by atoms with Gasteiger partial charge in [0.15, 0.2) is 0 Å². The summed E-state index contributed by atoms with van der Waals surface area (Å²) in [5, 5.41) is 4.94. The standard InChI is InChI=1S/C22H24IN3O2S/c1-6-18(27)25-16-9-15(8-7-13(16)4)20-19-14(5)17(28-11-12(2)3)10-24-21(19)26-22(20)29-23/h6-10,12H,1,11H2,2-5H3,(H,24,26)(H,25,27). The van der Waals surface area contributed by atoms with E-state index in [2.05, 4.69) is 69.9 Å². The van der Waals surface area contributed by atoms with Gasteiger partial charge in [0.2, 0.25) is 5.91 Å². The number of halogens is 1. The topological polar surface area (TPSA) is 67.0 Å². The maximum Gasteiger partial charge on any atom is 0.247 e. The number of carbonyl (C=O) groups is 1. The number of pyridine rings is 1. The van der Waals surface area contributed by atoms with Gasteiger partial charge in [-0.2, -0.15) is 0 Å². The summed E-state index contributed by atoms with van der Waals surface area (Å²) < 4.78 is 6.00. The van der Waals surface area contributed by atoms with Crippen molar-refractivity contribution in [1.29, 1.82) is 0 Å².